The van der Waals surface area contributed by atoms with Crippen molar-refractivity contribution in [3.8, 4) is 17.6 Å². The minimum Gasteiger partial charge on any atom is -0.493 e. The number of carbonyl (C=O) groups is 1. The Morgan fingerprint density at radius 2 is 1.76 bits per heavy atom. The van der Waals surface area contributed by atoms with Crippen LogP contribution < -0.4 is 9.47 Å². The monoisotopic (exact) mass is 469 g/mol. The fourth-order valence-corrected chi connectivity index (χ4v) is 4.47. The Morgan fingerprint density at radius 3 is 2.47 bits per heavy atom. The number of carbonyl (C=O) groups excluding carboxylic acids is 1. The number of hydrogen-bond acceptors (Lipinski definition) is 6. The van der Waals surface area contributed by atoms with Gasteiger partial charge in [0, 0.05) is 6.54 Å². The van der Waals surface area contributed by atoms with Crippen LogP contribution in [0.3, 0.4) is 0 Å². The molecule has 3 aromatic carbocycles. The van der Waals surface area contributed by atoms with E-state index in [1.165, 1.54) is 18.9 Å². The van der Waals surface area contributed by atoms with Crippen LogP contribution >= 0.6 is 11.8 Å². The summed E-state index contributed by atoms with van der Waals surface area (Å²) in [4.78, 5) is 20.4. The van der Waals surface area contributed by atoms with Crippen LogP contribution in [0.15, 0.2) is 88.8 Å². The first kappa shape index (κ1) is 23.1. The molecule has 34 heavy (non-hydrogen) atoms. The maximum Gasteiger partial charge on any atom is 0.266 e. The summed E-state index contributed by atoms with van der Waals surface area (Å²) in [6, 6.07) is 27.0. The predicted molar refractivity (Wildman–Crippen MR) is 135 cm³/mol. The van der Waals surface area contributed by atoms with Crippen LogP contribution in [0, 0.1) is 11.3 Å². The minimum atomic E-state index is -0.0839. The molecule has 6 nitrogen and oxygen atoms in total. The van der Waals surface area contributed by atoms with Crippen LogP contribution in [-0.4, -0.2) is 36.2 Å². The lowest BCUT2D eigenvalue weighted by Crippen LogP contribution is -2.31. The standard InChI is InChI=1S/C27H23N3O3S/c1-32-24-18-21(12-13-23(24)33-17-15-28)19-25-26(31)30(16-14-20-8-4-2-5-9-20)27(34-25)29-22-10-6-3-7-11-22/h2-13,18-19H,14,16-17H2,1H3/b25-19+,29-27?. The van der Waals surface area contributed by atoms with Gasteiger partial charge in [-0.3, -0.25) is 9.69 Å². The quantitative estimate of drug-likeness (QED) is 0.411. The van der Waals surface area contributed by atoms with E-state index in [0.717, 1.165) is 23.2 Å². The maximum atomic E-state index is 13.4. The third-order valence-corrected chi connectivity index (χ3v) is 6.12. The number of rotatable bonds is 8. The van der Waals surface area contributed by atoms with Crippen molar-refractivity contribution in [2.24, 2.45) is 4.99 Å². The molecule has 0 bridgehead atoms. The van der Waals surface area contributed by atoms with Crippen molar-refractivity contribution in [3.05, 3.63) is 94.9 Å². The fourth-order valence-electron chi connectivity index (χ4n) is 3.44. The van der Waals surface area contributed by atoms with Crippen LogP contribution in [0.2, 0.25) is 0 Å². The molecule has 1 aliphatic rings. The van der Waals surface area contributed by atoms with E-state index in [2.05, 4.69) is 12.1 Å². The summed E-state index contributed by atoms with van der Waals surface area (Å²) in [5.74, 6) is 0.894. The van der Waals surface area contributed by atoms with Gasteiger partial charge >= 0.3 is 0 Å². The Labute approximate surface area is 203 Å². The molecule has 0 aromatic heterocycles. The summed E-state index contributed by atoms with van der Waals surface area (Å²) < 4.78 is 10.8. The molecule has 0 spiro atoms. The van der Waals surface area contributed by atoms with Crippen LogP contribution in [0.1, 0.15) is 11.1 Å². The molecule has 1 saturated heterocycles. The number of thioether (sulfide) groups is 1. The number of benzene rings is 3. The zero-order valence-electron chi connectivity index (χ0n) is 18.7. The number of aliphatic imine (C=N–C) groups is 1. The van der Waals surface area contributed by atoms with Crippen molar-refractivity contribution >= 4 is 34.6 Å². The second kappa shape index (κ2) is 11.2. The third kappa shape index (κ3) is 5.66. The number of amides is 1. The molecule has 170 valence electrons. The summed E-state index contributed by atoms with van der Waals surface area (Å²) in [6.45, 7) is 0.462. The highest BCUT2D eigenvalue weighted by molar-refractivity contribution is 8.18. The molecular weight excluding hydrogens is 446 g/mol. The van der Waals surface area contributed by atoms with Crippen molar-refractivity contribution in [1.29, 1.82) is 5.26 Å². The van der Waals surface area contributed by atoms with Gasteiger partial charge in [-0.05, 0) is 59.7 Å². The van der Waals surface area contributed by atoms with Crippen molar-refractivity contribution < 1.29 is 14.3 Å². The van der Waals surface area contributed by atoms with Crippen LogP contribution in [0.5, 0.6) is 11.5 Å². The van der Waals surface area contributed by atoms with Gasteiger partial charge < -0.3 is 9.47 Å². The lowest BCUT2D eigenvalue weighted by atomic mass is 10.1. The third-order valence-electron chi connectivity index (χ3n) is 5.11. The van der Waals surface area contributed by atoms with E-state index >= 15 is 0 Å². The molecule has 1 heterocycles. The highest BCUT2D eigenvalue weighted by Gasteiger charge is 2.33. The van der Waals surface area contributed by atoms with E-state index in [1.807, 2.05) is 66.7 Å². The molecule has 4 rings (SSSR count). The smallest absolute Gasteiger partial charge is 0.266 e. The van der Waals surface area contributed by atoms with Crippen molar-refractivity contribution in [2.75, 3.05) is 20.3 Å². The molecule has 0 saturated carbocycles. The van der Waals surface area contributed by atoms with Crippen LogP contribution in [0.25, 0.3) is 6.08 Å². The second-order valence-corrected chi connectivity index (χ2v) is 8.40. The number of ether oxygens (including phenoxy) is 2. The zero-order chi connectivity index (χ0) is 23.8. The van der Waals surface area contributed by atoms with Crippen molar-refractivity contribution in [3.63, 3.8) is 0 Å². The Balaban J connectivity index is 1.62. The van der Waals surface area contributed by atoms with E-state index < -0.39 is 0 Å². The normalized spacial score (nSPS) is 15.5. The Kier molecular flexibility index (Phi) is 7.63. The summed E-state index contributed by atoms with van der Waals surface area (Å²) >= 11 is 1.36. The number of nitrogens with zero attached hydrogens (tertiary/aromatic N) is 3. The molecular formula is C27H23N3O3S. The maximum absolute atomic E-state index is 13.4. The van der Waals surface area contributed by atoms with Crippen LogP contribution in [0.4, 0.5) is 5.69 Å². The highest BCUT2D eigenvalue weighted by Crippen LogP contribution is 2.36. The van der Waals surface area contributed by atoms with Gasteiger partial charge in [0.05, 0.1) is 17.7 Å². The second-order valence-electron chi connectivity index (χ2n) is 7.39. The Morgan fingerprint density at radius 1 is 1.03 bits per heavy atom. The number of nitriles is 1. The van der Waals surface area contributed by atoms with Gasteiger partial charge in [-0.1, -0.05) is 54.6 Å². The molecule has 0 aliphatic carbocycles. The molecule has 1 aliphatic heterocycles. The molecule has 0 N–H and O–H groups in total. The summed E-state index contributed by atoms with van der Waals surface area (Å²) in [5.41, 5.74) is 2.75. The van der Waals surface area contributed by atoms with E-state index in [-0.39, 0.29) is 12.5 Å². The van der Waals surface area contributed by atoms with Gasteiger partial charge in [0.1, 0.15) is 6.07 Å². The molecule has 0 unspecified atom stereocenters. The Hall–Kier alpha value is -4.02. The average Bonchev–Trinajstić information content (AvgIpc) is 3.16. The van der Waals surface area contributed by atoms with Gasteiger partial charge in [0.15, 0.2) is 23.3 Å². The minimum absolute atomic E-state index is 0.0686. The van der Waals surface area contributed by atoms with Gasteiger partial charge in [-0.15, -0.1) is 0 Å². The fraction of sp³-hybridized carbons (Fsp3) is 0.148. The number of para-hydroxylation sites is 1. The number of methoxy groups -OCH3 is 1. The molecule has 0 atom stereocenters. The summed E-state index contributed by atoms with van der Waals surface area (Å²) in [5, 5.41) is 9.41. The van der Waals surface area contributed by atoms with Crippen molar-refractivity contribution in [2.45, 2.75) is 6.42 Å². The molecule has 1 amide bonds. The first-order valence-electron chi connectivity index (χ1n) is 10.7. The van der Waals surface area contributed by atoms with E-state index in [1.54, 1.807) is 17.0 Å². The lowest BCUT2D eigenvalue weighted by Gasteiger charge is -2.15. The molecule has 1 fully saturated rings. The van der Waals surface area contributed by atoms with Crippen molar-refractivity contribution in [1.82, 2.24) is 4.90 Å². The van der Waals surface area contributed by atoms with E-state index in [9.17, 15) is 4.79 Å². The van der Waals surface area contributed by atoms with Gasteiger partial charge in [0.25, 0.3) is 5.91 Å². The lowest BCUT2D eigenvalue weighted by molar-refractivity contribution is -0.122. The SMILES string of the molecule is COc1cc(/C=C2/SC(=Nc3ccccc3)N(CCc3ccccc3)C2=O)ccc1OCC#N. The highest BCUT2D eigenvalue weighted by atomic mass is 32.2. The molecule has 7 heteroatoms. The summed E-state index contributed by atoms with van der Waals surface area (Å²) in [7, 11) is 1.54. The Bertz CT molecular complexity index is 1250. The average molecular weight is 470 g/mol. The van der Waals surface area contributed by atoms with Gasteiger partial charge in [0.2, 0.25) is 0 Å². The first-order chi connectivity index (χ1) is 16.7. The molecule has 3 aromatic rings. The first-order valence-corrected chi connectivity index (χ1v) is 11.6. The zero-order valence-corrected chi connectivity index (χ0v) is 19.5. The largest absolute Gasteiger partial charge is 0.493 e. The van der Waals surface area contributed by atoms with Gasteiger partial charge in [-0.25, -0.2) is 4.99 Å². The topological polar surface area (TPSA) is 74.9 Å². The molecule has 0 radical (unpaired) electrons. The number of hydrogen-bond donors (Lipinski definition) is 0. The summed E-state index contributed by atoms with van der Waals surface area (Å²) in [6.07, 6.45) is 2.56. The van der Waals surface area contributed by atoms with E-state index in [0.29, 0.717) is 28.1 Å². The van der Waals surface area contributed by atoms with E-state index in [4.69, 9.17) is 19.7 Å². The predicted octanol–water partition coefficient (Wildman–Crippen LogP) is 5.44. The van der Waals surface area contributed by atoms with Crippen LogP contribution in [-0.2, 0) is 11.2 Å². The van der Waals surface area contributed by atoms with Gasteiger partial charge in [-0.2, -0.15) is 5.26 Å². The number of amidine groups is 1.